The molecule has 22 heavy (non-hydrogen) atoms. The minimum absolute atomic E-state index is 0.213. The van der Waals surface area contributed by atoms with Crippen LogP contribution in [0.25, 0.3) is 0 Å². The molecule has 0 unspecified atom stereocenters. The van der Waals surface area contributed by atoms with Crippen LogP contribution in [0.2, 0.25) is 0 Å². The third-order valence-electron chi connectivity index (χ3n) is 3.62. The van der Waals surface area contributed by atoms with Crippen molar-refractivity contribution < 1.29 is 4.39 Å². The number of halogens is 2. The third kappa shape index (κ3) is 4.46. The van der Waals surface area contributed by atoms with Crippen LogP contribution >= 0.6 is 15.9 Å². The molecule has 0 aliphatic carbocycles. The van der Waals surface area contributed by atoms with Crippen molar-refractivity contribution in [1.29, 1.82) is 0 Å². The molecule has 2 rings (SSSR count). The predicted octanol–water partition coefficient (Wildman–Crippen LogP) is 1.91. The Hall–Kier alpha value is -1.58. The van der Waals surface area contributed by atoms with Gasteiger partial charge in [-0.2, -0.15) is 0 Å². The standard InChI is InChI=1S/C16H20BrFN4/c1-3-6-20-16(19-2)22-9-7-21(8-10-22)12-13-4-5-14(17)15(18)11-13/h1,4-5,11H,6-10,12H2,2H3,(H,19,20). The molecule has 1 heterocycles. The predicted molar refractivity (Wildman–Crippen MR) is 91.1 cm³/mol. The fourth-order valence-corrected chi connectivity index (χ4v) is 2.72. The number of piperazine rings is 1. The average molecular weight is 367 g/mol. The zero-order valence-electron chi connectivity index (χ0n) is 12.6. The van der Waals surface area contributed by atoms with Crippen LogP contribution in [0, 0.1) is 18.2 Å². The summed E-state index contributed by atoms with van der Waals surface area (Å²) >= 11 is 3.18. The fourth-order valence-electron chi connectivity index (χ4n) is 2.48. The first-order valence-electron chi connectivity index (χ1n) is 7.19. The smallest absolute Gasteiger partial charge is 0.194 e. The van der Waals surface area contributed by atoms with E-state index in [1.165, 1.54) is 0 Å². The van der Waals surface area contributed by atoms with Crippen molar-refractivity contribution in [1.82, 2.24) is 15.1 Å². The number of rotatable bonds is 3. The Morgan fingerprint density at radius 3 is 2.73 bits per heavy atom. The van der Waals surface area contributed by atoms with Crippen molar-refractivity contribution in [2.24, 2.45) is 4.99 Å². The largest absolute Gasteiger partial charge is 0.345 e. The molecule has 1 aliphatic rings. The number of terminal acetylenes is 1. The molecule has 0 aromatic heterocycles. The van der Waals surface area contributed by atoms with Crippen LogP contribution in [0.1, 0.15) is 5.56 Å². The molecule has 118 valence electrons. The van der Waals surface area contributed by atoms with E-state index in [9.17, 15) is 4.39 Å². The monoisotopic (exact) mass is 366 g/mol. The summed E-state index contributed by atoms with van der Waals surface area (Å²) in [6.45, 7) is 4.81. The SMILES string of the molecule is C#CCNC(=NC)N1CCN(Cc2ccc(Br)c(F)c2)CC1. The zero-order chi connectivity index (χ0) is 15.9. The highest BCUT2D eigenvalue weighted by atomic mass is 79.9. The molecular formula is C16H20BrFN4. The van der Waals surface area contributed by atoms with Gasteiger partial charge >= 0.3 is 0 Å². The lowest BCUT2D eigenvalue weighted by Crippen LogP contribution is -2.52. The highest BCUT2D eigenvalue weighted by molar-refractivity contribution is 9.10. The summed E-state index contributed by atoms with van der Waals surface area (Å²) in [4.78, 5) is 8.75. The molecule has 1 fully saturated rings. The molecule has 1 N–H and O–H groups in total. The molecule has 0 radical (unpaired) electrons. The van der Waals surface area contributed by atoms with Gasteiger partial charge < -0.3 is 10.2 Å². The normalized spacial score (nSPS) is 16.5. The van der Waals surface area contributed by atoms with Crippen molar-refractivity contribution >= 4 is 21.9 Å². The molecule has 0 amide bonds. The van der Waals surface area contributed by atoms with Crippen LogP contribution in [0.5, 0.6) is 0 Å². The topological polar surface area (TPSA) is 30.9 Å². The van der Waals surface area contributed by atoms with Gasteiger partial charge in [0.15, 0.2) is 5.96 Å². The molecule has 1 aliphatic heterocycles. The summed E-state index contributed by atoms with van der Waals surface area (Å²) in [6, 6.07) is 5.29. The summed E-state index contributed by atoms with van der Waals surface area (Å²) in [5.74, 6) is 3.18. The Morgan fingerprint density at radius 1 is 1.41 bits per heavy atom. The minimum atomic E-state index is -0.213. The van der Waals surface area contributed by atoms with E-state index >= 15 is 0 Å². The number of nitrogens with zero attached hydrogens (tertiary/aromatic N) is 3. The molecule has 0 spiro atoms. The first-order chi connectivity index (χ1) is 10.6. The van der Waals surface area contributed by atoms with E-state index in [0.29, 0.717) is 11.0 Å². The van der Waals surface area contributed by atoms with E-state index in [4.69, 9.17) is 6.42 Å². The minimum Gasteiger partial charge on any atom is -0.345 e. The van der Waals surface area contributed by atoms with E-state index in [0.717, 1.165) is 44.2 Å². The molecule has 1 aromatic rings. The van der Waals surface area contributed by atoms with Gasteiger partial charge in [-0.05, 0) is 33.6 Å². The Labute approximate surface area is 139 Å². The van der Waals surface area contributed by atoms with Gasteiger partial charge in [-0.25, -0.2) is 4.39 Å². The van der Waals surface area contributed by atoms with Crippen LogP contribution < -0.4 is 5.32 Å². The summed E-state index contributed by atoms with van der Waals surface area (Å²) in [6.07, 6.45) is 5.26. The van der Waals surface area contributed by atoms with Crippen LogP contribution in [0.3, 0.4) is 0 Å². The maximum atomic E-state index is 13.6. The molecule has 6 heteroatoms. The maximum absolute atomic E-state index is 13.6. The van der Waals surface area contributed by atoms with Crippen molar-refractivity contribution in [3.8, 4) is 12.3 Å². The van der Waals surface area contributed by atoms with Crippen LogP contribution in [-0.4, -0.2) is 55.5 Å². The molecule has 1 saturated heterocycles. The molecule has 1 aromatic carbocycles. The molecule has 0 atom stereocenters. The lowest BCUT2D eigenvalue weighted by atomic mass is 10.2. The lowest BCUT2D eigenvalue weighted by molar-refractivity contribution is 0.172. The van der Waals surface area contributed by atoms with Crippen LogP contribution in [-0.2, 0) is 6.54 Å². The summed E-state index contributed by atoms with van der Waals surface area (Å²) < 4.78 is 14.1. The van der Waals surface area contributed by atoms with Gasteiger partial charge in [-0.15, -0.1) is 6.42 Å². The Kier molecular flexibility index (Phi) is 6.22. The highest BCUT2D eigenvalue weighted by Gasteiger charge is 2.19. The van der Waals surface area contributed by atoms with E-state index in [1.54, 1.807) is 19.2 Å². The number of benzene rings is 1. The Morgan fingerprint density at radius 2 is 2.14 bits per heavy atom. The second kappa shape index (κ2) is 8.16. The zero-order valence-corrected chi connectivity index (χ0v) is 14.2. The van der Waals surface area contributed by atoms with Crippen LogP contribution in [0.4, 0.5) is 4.39 Å². The van der Waals surface area contributed by atoms with E-state index in [-0.39, 0.29) is 5.82 Å². The lowest BCUT2D eigenvalue weighted by Gasteiger charge is -2.36. The molecule has 4 nitrogen and oxygen atoms in total. The Balaban J connectivity index is 1.86. The van der Waals surface area contributed by atoms with Crippen molar-refractivity contribution in [2.75, 3.05) is 39.8 Å². The first-order valence-corrected chi connectivity index (χ1v) is 7.98. The summed E-state index contributed by atoms with van der Waals surface area (Å²) in [7, 11) is 1.76. The molecule has 0 saturated carbocycles. The molecule has 0 bridgehead atoms. The molecular weight excluding hydrogens is 347 g/mol. The summed E-state index contributed by atoms with van der Waals surface area (Å²) in [5.41, 5.74) is 0.990. The second-order valence-electron chi connectivity index (χ2n) is 5.12. The summed E-state index contributed by atoms with van der Waals surface area (Å²) in [5, 5.41) is 3.13. The van der Waals surface area contributed by atoms with Crippen molar-refractivity contribution in [3.05, 3.63) is 34.1 Å². The third-order valence-corrected chi connectivity index (χ3v) is 4.27. The Bertz CT molecular complexity index is 574. The van der Waals surface area contributed by atoms with E-state index in [1.807, 2.05) is 6.07 Å². The second-order valence-corrected chi connectivity index (χ2v) is 5.97. The van der Waals surface area contributed by atoms with Gasteiger partial charge in [0, 0.05) is 39.8 Å². The number of nitrogens with one attached hydrogen (secondary N) is 1. The fraction of sp³-hybridized carbons (Fsp3) is 0.438. The maximum Gasteiger partial charge on any atom is 0.194 e. The highest BCUT2D eigenvalue weighted by Crippen LogP contribution is 2.18. The number of hydrogen-bond donors (Lipinski definition) is 1. The quantitative estimate of drug-likeness (QED) is 0.503. The van der Waals surface area contributed by atoms with Crippen molar-refractivity contribution in [2.45, 2.75) is 6.54 Å². The van der Waals surface area contributed by atoms with Gasteiger partial charge in [0.05, 0.1) is 11.0 Å². The average Bonchev–Trinajstić information content (AvgIpc) is 2.53. The number of hydrogen-bond acceptors (Lipinski definition) is 2. The first kappa shape index (κ1) is 16.8. The van der Waals surface area contributed by atoms with Gasteiger partial charge in [-0.3, -0.25) is 9.89 Å². The van der Waals surface area contributed by atoms with Gasteiger partial charge in [0.1, 0.15) is 5.82 Å². The van der Waals surface area contributed by atoms with Crippen molar-refractivity contribution in [3.63, 3.8) is 0 Å². The van der Waals surface area contributed by atoms with E-state index in [2.05, 4.69) is 42.0 Å². The van der Waals surface area contributed by atoms with Gasteiger partial charge in [0.25, 0.3) is 0 Å². The van der Waals surface area contributed by atoms with E-state index < -0.39 is 0 Å². The van der Waals surface area contributed by atoms with Gasteiger partial charge in [-0.1, -0.05) is 12.0 Å². The van der Waals surface area contributed by atoms with Crippen LogP contribution in [0.15, 0.2) is 27.7 Å². The number of aliphatic imine (C=N–C) groups is 1. The van der Waals surface area contributed by atoms with Gasteiger partial charge in [0.2, 0.25) is 0 Å². The number of guanidine groups is 1.